The molecule has 0 saturated heterocycles. The second-order valence-electron chi connectivity index (χ2n) is 5.41. The third-order valence-corrected chi connectivity index (χ3v) is 4.23. The molecular formula is C21H15Cl2NO. The summed E-state index contributed by atoms with van der Waals surface area (Å²) in [6.45, 7) is 0. The van der Waals surface area contributed by atoms with Crippen molar-refractivity contribution in [2.75, 3.05) is 5.32 Å². The van der Waals surface area contributed by atoms with Crippen LogP contribution in [0.3, 0.4) is 0 Å². The lowest BCUT2D eigenvalue weighted by Crippen LogP contribution is -1.96. The fourth-order valence-electron chi connectivity index (χ4n) is 2.37. The van der Waals surface area contributed by atoms with Crippen LogP contribution in [0.15, 0.2) is 85.1 Å². The molecule has 3 aromatic rings. The van der Waals surface area contributed by atoms with Gasteiger partial charge in [0.1, 0.15) is 0 Å². The van der Waals surface area contributed by atoms with E-state index in [2.05, 4.69) is 5.32 Å². The van der Waals surface area contributed by atoms with Crippen LogP contribution in [-0.4, -0.2) is 5.78 Å². The predicted molar refractivity (Wildman–Crippen MR) is 105 cm³/mol. The number of ketones is 1. The Hall–Kier alpha value is -2.55. The first-order chi connectivity index (χ1) is 12.1. The molecule has 0 atom stereocenters. The van der Waals surface area contributed by atoms with E-state index in [0.717, 1.165) is 11.1 Å². The molecule has 0 aliphatic heterocycles. The lowest BCUT2D eigenvalue weighted by atomic mass is 10.0. The zero-order valence-electron chi connectivity index (χ0n) is 13.2. The van der Waals surface area contributed by atoms with Crippen molar-refractivity contribution in [1.82, 2.24) is 0 Å². The zero-order chi connectivity index (χ0) is 17.6. The van der Waals surface area contributed by atoms with Gasteiger partial charge in [-0.3, -0.25) is 4.79 Å². The van der Waals surface area contributed by atoms with Gasteiger partial charge in [-0.1, -0.05) is 77.8 Å². The minimum atomic E-state index is -0.0859. The van der Waals surface area contributed by atoms with Crippen LogP contribution in [0.4, 0.5) is 5.69 Å². The van der Waals surface area contributed by atoms with Crippen molar-refractivity contribution in [3.8, 4) is 11.1 Å². The van der Waals surface area contributed by atoms with Crippen molar-refractivity contribution >= 4 is 34.7 Å². The van der Waals surface area contributed by atoms with Crippen LogP contribution in [0.25, 0.3) is 11.1 Å². The van der Waals surface area contributed by atoms with Gasteiger partial charge in [0.2, 0.25) is 0 Å². The Kier molecular flexibility index (Phi) is 5.54. The molecule has 0 amide bonds. The van der Waals surface area contributed by atoms with E-state index < -0.39 is 0 Å². The lowest BCUT2D eigenvalue weighted by Gasteiger charge is -2.04. The Morgan fingerprint density at radius 3 is 2.20 bits per heavy atom. The number of hydrogen-bond donors (Lipinski definition) is 1. The van der Waals surface area contributed by atoms with Gasteiger partial charge in [0.15, 0.2) is 5.78 Å². The van der Waals surface area contributed by atoms with Crippen LogP contribution >= 0.6 is 23.2 Å². The van der Waals surface area contributed by atoms with E-state index in [9.17, 15) is 4.79 Å². The average molecular weight is 368 g/mol. The van der Waals surface area contributed by atoms with Gasteiger partial charge >= 0.3 is 0 Å². The van der Waals surface area contributed by atoms with Gasteiger partial charge in [-0.05, 0) is 29.3 Å². The molecule has 0 heterocycles. The molecule has 0 unspecified atom stereocenters. The number of rotatable bonds is 5. The van der Waals surface area contributed by atoms with Crippen molar-refractivity contribution in [1.29, 1.82) is 0 Å². The van der Waals surface area contributed by atoms with Crippen molar-refractivity contribution in [2.24, 2.45) is 0 Å². The average Bonchev–Trinajstić information content (AvgIpc) is 2.64. The third kappa shape index (κ3) is 4.50. The first-order valence-electron chi connectivity index (χ1n) is 7.71. The van der Waals surface area contributed by atoms with Crippen LogP contribution in [0, 0.1) is 0 Å². The number of carbonyl (C=O) groups is 1. The summed E-state index contributed by atoms with van der Waals surface area (Å²) in [4.78, 5) is 12.2. The van der Waals surface area contributed by atoms with Crippen LogP contribution < -0.4 is 5.32 Å². The van der Waals surface area contributed by atoms with Gasteiger partial charge in [-0.25, -0.2) is 0 Å². The minimum Gasteiger partial charge on any atom is -0.360 e. The molecule has 3 aromatic carbocycles. The monoisotopic (exact) mass is 367 g/mol. The normalized spacial score (nSPS) is 10.8. The number of carbonyl (C=O) groups excluding carboxylic acids is 1. The molecule has 0 bridgehead atoms. The van der Waals surface area contributed by atoms with Gasteiger partial charge in [0.25, 0.3) is 0 Å². The van der Waals surface area contributed by atoms with Crippen molar-refractivity contribution in [3.63, 3.8) is 0 Å². The highest BCUT2D eigenvalue weighted by Crippen LogP contribution is 2.25. The van der Waals surface area contributed by atoms with Crippen LogP contribution in [0.5, 0.6) is 0 Å². The predicted octanol–water partition coefficient (Wildman–Crippen LogP) is 6.47. The second-order valence-corrected chi connectivity index (χ2v) is 6.25. The molecule has 2 nitrogen and oxygen atoms in total. The number of hydrogen-bond acceptors (Lipinski definition) is 2. The number of benzene rings is 3. The van der Waals surface area contributed by atoms with Gasteiger partial charge in [-0.2, -0.15) is 0 Å². The third-order valence-electron chi connectivity index (χ3n) is 3.68. The van der Waals surface area contributed by atoms with Gasteiger partial charge in [-0.15, -0.1) is 0 Å². The smallest absolute Gasteiger partial charge is 0.187 e. The molecule has 0 saturated carbocycles. The van der Waals surface area contributed by atoms with Crippen LogP contribution in [0.1, 0.15) is 10.4 Å². The summed E-state index contributed by atoms with van der Waals surface area (Å²) in [5, 5.41) is 4.05. The van der Waals surface area contributed by atoms with Crippen LogP contribution in [-0.2, 0) is 0 Å². The fourth-order valence-corrected chi connectivity index (χ4v) is 2.83. The summed E-state index contributed by atoms with van der Waals surface area (Å²) in [6.07, 6.45) is 3.05. The topological polar surface area (TPSA) is 29.1 Å². The van der Waals surface area contributed by atoms with E-state index in [1.54, 1.807) is 24.4 Å². The fraction of sp³-hybridized carbons (Fsp3) is 0. The summed E-state index contributed by atoms with van der Waals surface area (Å²) in [7, 11) is 0. The maximum atomic E-state index is 12.2. The highest BCUT2D eigenvalue weighted by molar-refractivity contribution is 6.36. The number of halogens is 2. The molecule has 0 aromatic heterocycles. The molecule has 124 valence electrons. The summed E-state index contributed by atoms with van der Waals surface area (Å²) < 4.78 is 0. The van der Waals surface area contributed by atoms with E-state index in [4.69, 9.17) is 23.2 Å². The number of allylic oxidation sites excluding steroid dienone is 1. The van der Waals surface area contributed by atoms with Crippen molar-refractivity contribution < 1.29 is 4.79 Å². The Morgan fingerprint density at radius 2 is 1.52 bits per heavy atom. The first-order valence-corrected chi connectivity index (χ1v) is 8.47. The largest absolute Gasteiger partial charge is 0.360 e. The second kappa shape index (κ2) is 8.02. The Labute approximate surface area is 156 Å². The van der Waals surface area contributed by atoms with E-state index in [1.165, 1.54) is 6.08 Å². The highest BCUT2D eigenvalue weighted by Gasteiger charge is 2.03. The summed E-state index contributed by atoms with van der Waals surface area (Å²) in [6, 6.07) is 22.7. The molecule has 4 heteroatoms. The van der Waals surface area contributed by atoms with Crippen molar-refractivity contribution in [2.45, 2.75) is 0 Å². The molecule has 1 N–H and O–H groups in total. The van der Waals surface area contributed by atoms with Gasteiger partial charge < -0.3 is 5.32 Å². The number of anilines is 1. The van der Waals surface area contributed by atoms with Crippen molar-refractivity contribution in [3.05, 3.63) is 101 Å². The van der Waals surface area contributed by atoms with Gasteiger partial charge in [0, 0.05) is 22.9 Å². The maximum absolute atomic E-state index is 12.2. The molecule has 0 aliphatic rings. The van der Waals surface area contributed by atoms with E-state index in [-0.39, 0.29) is 5.78 Å². The van der Waals surface area contributed by atoms with E-state index in [1.807, 2.05) is 54.6 Å². The Balaban J connectivity index is 1.67. The van der Waals surface area contributed by atoms with E-state index >= 15 is 0 Å². The highest BCUT2D eigenvalue weighted by atomic mass is 35.5. The Bertz CT molecular complexity index is 903. The molecule has 0 spiro atoms. The lowest BCUT2D eigenvalue weighted by molar-refractivity contribution is 0.104. The zero-order valence-corrected chi connectivity index (χ0v) is 14.8. The molecule has 25 heavy (non-hydrogen) atoms. The summed E-state index contributed by atoms with van der Waals surface area (Å²) in [5.41, 5.74) is 3.51. The first kappa shape index (κ1) is 17.3. The molecular weight excluding hydrogens is 353 g/mol. The molecule has 0 aliphatic carbocycles. The Morgan fingerprint density at radius 1 is 0.840 bits per heavy atom. The van der Waals surface area contributed by atoms with E-state index in [0.29, 0.717) is 21.3 Å². The van der Waals surface area contributed by atoms with Gasteiger partial charge in [0.05, 0.1) is 10.7 Å². The standard InChI is InChI=1S/C21H15Cl2NO/c22-18-10-11-20(19(23)14-18)24-13-12-21(25)17-8-6-16(7-9-17)15-4-2-1-3-5-15/h1-14,24H/b13-12+. The molecule has 0 radical (unpaired) electrons. The summed E-state index contributed by atoms with van der Waals surface area (Å²) in [5.74, 6) is -0.0859. The number of nitrogens with one attached hydrogen (secondary N) is 1. The quantitative estimate of drug-likeness (QED) is 0.413. The summed E-state index contributed by atoms with van der Waals surface area (Å²) >= 11 is 11.9. The molecule has 0 fully saturated rings. The molecule has 3 rings (SSSR count). The SMILES string of the molecule is O=C(/C=C/Nc1ccc(Cl)cc1Cl)c1ccc(-c2ccccc2)cc1. The van der Waals surface area contributed by atoms with Crippen LogP contribution in [0.2, 0.25) is 10.0 Å². The minimum absolute atomic E-state index is 0.0859. The maximum Gasteiger partial charge on any atom is 0.187 e.